The fraction of sp³-hybridized carbons (Fsp3) is 0.727. The number of aromatic nitrogens is 3. The van der Waals surface area contributed by atoms with E-state index in [0.717, 1.165) is 38.3 Å². The zero-order valence-corrected chi connectivity index (χ0v) is 10.3. The van der Waals surface area contributed by atoms with Gasteiger partial charge in [-0.15, -0.1) is 5.10 Å². The highest BCUT2D eigenvalue weighted by Crippen LogP contribution is 2.16. The van der Waals surface area contributed by atoms with E-state index in [4.69, 9.17) is 10.5 Å². The Morgan fingerprint density at radius 3 is 3.06 bits per heavy atom. The molecule has 1 aromatic rings. The third-order valence-electron chi connectivity index (χ3n) is 3.02. The second kappa shape index (κ2) is 6.46. The monoisotopic (exact) mass is 253 g/mol. The van der Waals surface area contributed by atoms with Gasteiger partial charge in [-0.25, -0.2) is 0 Å². The molecule has 7 heteroatoms. The van der Waals surface area contributed by atoms with Crippen LogP contribution in [-0.4, -0.2) is 40.7 Å². The van der Waals surface area contributed by atoms with Crippen LogP contribution in [0.25, 0.3) is 0 Å². The van der Waals surface area contributed by atoms with Crippen LogP contribution in [0.5, 0.6) is 0 Å². The van der Waals surface area contributed by atoms with Crippen LogP contribution in [-0.2, 0) is 22.6 Å². The van der Waals surface area contributed by atoms with Gasteiger partial charge >= 0.3 is 0 Å². The van der Waals surface area contributed by atoms with Gasteiger partial charge in [0, 0.05) is 19.8 Å². The van der Waals surface area contributed by atoms with Gasteiger partial charge in [0.1, 0.15) is 5.69 Å². The summed E-state index contributed by atoms with van der Waals surface area (Å²) in [4.78, 5) is 11.0. The molecule has 3 N–H and O–H groups in total. The molecule has 18 heavy (non-hydrogen) atoms. The minimum atomic E-state index is -0.186. The van der Waals surface area contributed by atoms with Gasteiger partial charge in [-0.05, 0) is 18.8 Å². The highest BCUT2D eigenvalue weighted by atomic mass is 16.5. The largest absolute Gasteiger partial charge is 0.381 e. The van der Waals surface area contributed by atoms with E-state index < -0.39 is 0 Å². The lowest BCUT2D eigenvalue weighted by Gasteiger charge is -2.21. The van der Waals surface area contributed by atoms with E-state index in [2.05, 4.69) is 15.6 Å². The molecule has 100 valence electrons. The normalized spacial score (nSPS) is 16.7. The van der Waals surface area contributed by atoms with E-state index in [0.29, 0.717) is 12.5 Å². The van der Waals surface area contributed by atoms with E-state index in [1.807, 2.05) is 10.9 Å². The molecule has 0 atom stereocenters. The van der Waals surface area contributed by atoms with Crippen molar-refractivity contribution in [3.8, 4) is 0 Å². The van der Waals surface area contributed by atoms with Crippen LogP contribution in [0.4, 0.5) is 0 Å². The molecule has 0 aliphatic carbocycles. The van der Waals surface area contributed by atoms with Crippen LogP contribution in [0.15, 0.2) is 6.20 Å². The average molecular weight is 253 g/mol. The Balaban J connectivity index is 1.80. The van der Waals surface area contributed by atoms with Gasteiger partial charge in [-0.3, -0.25) is 9.48 Å². The van der Waals surface area contributed by atoms with Gasteiger partial charge in [-0.1, -0.05) is 5.21 Å². The van der Waals surface area contributed by atoms with Gasteiger partial charge < -0.3 is 15.8 Å². The van der Waals surface area contributed by atoms with Crippen molar-refractivity contribution < 1.29 is 9.53 Å². The standard InChI is InChI=1S/C11H19N5O2/c12-5-11(17)13-6-10-8-16(15-14-10)7-9-1-3-18-4-2-9/h8-9H,1-7,12H2,(H,13,17). The number of carbonyl (C=O) groups excluding carboxylic acids is 1. The summed E-state index contributed by atoms with van der Waals surface area (Å²) < 4.78 is 7.15. The molecule has 1 aliphatic heterocycles. The number of hydrogen-bond donors (Lipinski definition) is 2. The molecular weight excluding hydrogens is 234 g/mol. The predicted octanol–water partition coefficient (Wildman–Crippen LogP) is -0.720. The van der Waals surface area contributed by atoms with Gasteiger partial charge in [0.05, 0.1) is 19.3 Å². The smallest absolute Gasteiger partial charge is 0.234 e. The maximum Gasteiger partial charge on any atom is 0.234 e. The fourth-order valence-electron chi connectivity index (χ4n) is 1.96. The SMILES string of the molecule is NCC(=O)NCc1cn(CC2CCOCC2)nn1. The Morgan fingerprint density at radius 1 is 1.56 bits per heavy atom. The number of amides is 1. The molecule has 0 radical (unpaired) electrons. The van der Waals surface area contributed by atoms with Crippen LogP contribution in [0, 0.1) is 5.92 Å². The Bertz CT molecular complexity index is 387. The first-order chi connectivity index (χ1) is 8.78. The van der Waals surface area contributed by atoms with Gasteiger partial charge in [0.2, 0.25) is 5.91 Å². The van der Waals surface area contributed by atoms with Crippen LogP contribution in [0.2, 0.25) is 0 Å². The average Bonchev–Trinajstić information content (AvgIpc) is 2.85. The van der Waals surface area contributed by atoms with E-state index in [1.54, 1.807) is 0 Å². The number of nitrogens with zero attached hydrogens (tertiary/aromatic N) is 3. The summed E-state index contributed by atoms with van der Waals surface area (Å²) >= 11 is 0. The predicted molar refractivity (Wildman–Crippen MR) is 64.5 cm³/mol. The Kier molecular flexibility index (Phi) is 4.66. The number of nitrogens with one attached hydrogen (secondary N) is 1. The Labute approximate surface area is 106 Å². The van der Waals surface area contributed by atoms with Gasteiger partial charge in [0.25, 0.3) is 0 Å². The molecule has 7 nitrogen and oxygen atoms in total. The van der Waals surface area contributed by atoms with Crippen molar-refractivity contribution in [1.29, 1.82) is 0 Å². The molecule has 0 unspecified atom stereocenters. The van der Waals surface area contributed by atoms with E-state index in [-0.39, 0.29) is 12.5 Å². The van der Waals surface area contributed by atoms with Crippen molar-refractivity contribution in [3.05, 3.63) is 11.9 Å². The molecule has 1 fully saturated rings. The second-order valence-corrected chi connectivity index (χ2v) is 4.47. The highest BCUT2D eigenvalue weighted by molar-refractivity contribution is 5.77. The van der Waals surface area contributed by atoms with E-state index >= 15 is 0 Å². The van der Waals surface area contributed by atoms with Gasteiger partial charge in [0.15, 0.2) is 0 Å². The summed E-state index contributed by atoms with van der Waals surface area (Å²) in [5, 5.41) is 10.7. The molecular formula is C11H19N5O2. The van der Waals surface area contributed by atoms with Crippen molar-refractivity contribution >= 4 is 5.91 Å². The Morgan fingerprint density at radius 2 is 2.33 bits per heavy atom. The molecule has 1 aliphatic rings. The lowest BCUT2D eigenvalue weighted by molar-refractivity contribution is -0.119. The molecule has 1 amide bonds. The van der Waals surface area contributed by atoms with Gasteiger partial charge in [-0.2, -0.15) is 0 Å². The maximum absolute atomic E-state index is 11.0. The van der Waals surface area contributed by atoms with Crippen LogP contribution < -0.4 is 11.1 Å². The summed E-state index contributed by atoms with van der Waals surface area (Å²) in [7, 11) is 0. The van der Waals surface area contributed by atoms with E-state index in [1.165, 1.54) is 0 Å². The summed E-state index contributed by atoms with van der Waals surface area (Å²) in [6, 6.07) is 0. The third-order valence-corrected chi connectivity index (χ3v) is 3.02. The summed E-state index contributed by atoms with van der Waals surface area (Å²) in [5.41, 5.74) is 5.95. The molecule has 0 saturated carbocycles. The van der Waals surface area contributed by atoms with Crippen LogP contribution in [0.1, 0.15) is 18.5 Å². The molecule has 1 aromatic heterocycles. The first-order valence-corrected chi connectivity index (χ1v) is 6.21. The number of hydrogen-bond acceptors (Lipinski definition) is 5. The molecule has 2 heterocycles. The molecule has 1 saturated heterocycles. The minimum absolute atomic E-state index is 0.00376. The third kappa shape index (κ3) is 3.78. The summed E-state index contributed by atoms with van der Waals surface area (Å²) in [5.74, 6) is 0.418. The second-order valence-electron chi connectivity index (χ2n) is 4.47. The van der Waals surface area contributed by atoms with Crippen molar-refractivity contribution in [3.63, 3.8) is 0 Å². The van der Waals surface area contributed by atoms with Crippen molar-refractivity contribution in [2.75, 3.05) is 19.8 Å². The van der Waals surface area contributed by atoms with Crippen molar-refractivity contribution in [1.82, 2.24) is 20.3 Å². The van der Waals surface area contributed by atoms with Crippen LogP contribution >= 0.6 is 0 Å². The first-order valence-electron chi connectivity index (χ1n) is 6.21. The van der Waals surface area contributed by atoms with E-state index in [9.17, 15) is 4.79 Å². The van der Waals surface area contributed by atoms with Crippen molar-refractivity contribution in [2.45, 2.75) is 25.9 Å². The quantitative estimate of drug-likeness (QED) is 0.722. The molecule has 2 rings (SSSR count). The topological polar surface area (TPSA) is 95.1 Å². The number of nitrogens with two attached hydrogens (primary N) is 1. The van der Waals surface area contributed by atoms with Crippen LogP contribution in [0.3, 0.4) is 0 Å². The first kappa shape index (κ1) is 13.0. The summed E-state index contributed by atoms with van der Waals surface area (Å²) in [6.45, 7) is 2.90. The Hall–Kier alpha value is -1.47. The molecule has 0 spiro atoms. The van der Waals surface area contributed by atoms with Crippen molar-refractivity contribution in [2.24, 2.45) is 11.7 Å². The lowest BCUT2D eigenvalue weighted by atomic mass is 10.0. The maximum atomic E-state index is 11.0. The fourth-order valence-corrected chi connectivity index (χ4v) is 1.96. The minimum Gasteiger partial charge on any atom is -0.381 e. The number of ether oxygens (including phenoxy) is 1. The number of carbonyl (C=O) groups is 1. The number of rotatable bonds is 5. The lowest BCUT2D eigenvalue weighted by Crippen LogP contribution is -2.29. The zero-order chi connectivity index (χ0) is 12.8. The highest BCUT2D eigenvalue weighted by Gasteiger charge is 2.15. The molecule has 0 aromatic carbocycles. The summed E-state index contributed by atoms with van der Waals surface area (Å²) in [6.07, 6.45) is 4.00. The molecule has 0 bridgehead atoms. The zero-order valence-electron chi connectivity index (χ0n) is 10.3.